The lowest BCUT2D eigenvalue weighted by atomic mass is 9.73. The first-order chi connectivity index (χ1) is 12.5. The fourth-order valence-corrected chi connectivity index (χ4v) is 4.64. The Balaban J connectivity index is 1.65. The molecule has 1 aromatic rings. The standard InChI is InChI=1S/C21H32N2O3/c1-17-13-18(5-6-19(17)26-2)14-22-10-3-8-21(15-22)9-7-20(25)23(16-21)11-4-12-24/h5-6,13,24H,3-4,7-12,14-16H2,1-2H3. The molecular weight excluding hydrogens is 328 g/mol. The average molecular weight is 360 g/mol. The number of ether oxygens (including phenoxy) is 1. The Labute approximate surface area is 156 Å². The van der Waals surface area contributed by atoms with Gasteiger partial charge in [-0.1, -0.05) is 12.1 Å². The van der Waals surface area contributed by atoms with E-state index >= 15 is 0 Å². The molecule has 1 amide bonds. The molecule has 0 aromatic heterocycles. The lowest BCUT2D eigenvalue weighted by molar-refractivity contribution is -0.139. The van der Waals surface area contributed by atoms with Gasteiger partial charge in [0.2, 0.25) is 5.91 Å². The second-order valence-corrected chi connectivity index (χ2v) is 8.01. The summed E-state index contributed by atoms with van der Waals surface area (Å²) in [7, 11) is 1.71. The van der Waals surface area contributed by atoms with Gasteiger partial charge in [0.15, 0.2) is 0 Å². The molecule has 5 heteroatoms. The Bertz CT molecular complexity index is 634. The van der Waals surface area contributed by atoms with Gasteiger partial charge in [-0.25, -0.2) is 0 Å². The molecule has 0 aliphatic carbocycles. The normalized spacial score (nSPS) is 24.3. The van der Waals surface area contributed by atoms with Crippen LogP contribution in [-0.4, -0.2) is 60.7 Å². The first-order valence-electron chi connectivity index (χ1n) is 9.80. The van der Waals surface area contributed by atoms with Crippen LogP contribution in [0.1, 0.15) is 43.2 Å². The van der Waals surface area contributed by atoms with Crippen molar-refractivity contribution in [3.63, 3.8) is 0 Å². The maximum Gasteiger partial charge on any atom is 0.222 e. The van der Waals surface area contributed by atoms with Crippen LogP contribution in [0.5, 0.6) is 5.75 Å². The van der Waals surface area contributed by atoms with Crippen LogP contribution >= 0.6 is 0 Å². The first kappa shape index (κ1) is 19.2. The summed E-state index contributed by atoms with van der Waals surface area (Å²) in [6.07, 6.45) is 4.72. The van der Waals surface area contributed by atoms with Crippen molar-refractivity contribution in [2.24, 2.45) is 5.41 Å². The van der Waals surface area contributed by atoms with Gasteiger partial charge in [-0.15, -0.1) is 0 Å². The molecule has 1 spiro atoms. The Kier molecular flexibility index (Phi) is 6.20. The lowest BCUT2D eigenvalue weighted by Crippen LogP contribution is -2.54. The molecule has 2 fully saturated rings. The van der Waals surface area contributed by atoms with E-state index in [4.69, 9.17) is 9.84 Å². The molecule has 1 N–H and O–H groups in total. The third kappa shape index (κ3) is 4.38. The summed E-state index contributed by atoms with van der Waals surface area (Å²) in [5.41, 5.74) is 2.72. The van der Waals surface area contributed by atoms with Crippen LogP contribution in [-0.2, 0) is 11.3 Å². The van der Waals surface area contributed by atoms with Gasteiger partial charge in [0.1, 0.15) is 5.75 Å². The number of rotatable bonds is 6. The minimum atomic E-state index is 0.153. The van der Waals surface area contributed by atoms with Crippen molar-refractivity contribution in [3.8, 4) is 5.75 Å². The number of carbonyl (C=O) groups is 1. The number of nitrogens with zero attached hydrogens (tertiary/aromatic N) is 2. The second kappa shape index (κ2) is 8.40. The SMILES string of the molecule is COc1ccc(CN2CCCC3(CCC(=O)N(CCCO)C3)C2)cc1C. The zero-order valence-corrected chi connectivity index (χ0v) is 16.2. The fourth-order valence-electron chi connectivity index (χ4n) is 4.64. The number of benzene rings is 1. The van der Waals surface area contributed by atoms with Gasteiger partial charge in [0, 0.05) is 44.6 Å². The van der Waals surface area contributed by atoms with Crippen molar-refractivity contribution in [3.05, 3.63) is 29.3 Å². The molecule has 1 unspecified atom stereocenters. The quantitative estimate of drug-likeness (QED) is 0.847. The van der Waals surface area contributed by atoms with Gasteiger partial charge < -0.3 is 14.7 Å². The van der Waals surface area contributed by atoms with Crippen molar-refractivity contribution in [2.45, 2.75) is 45.6 Å². The Morgan fingerprint density at radius 2 is 2.12 bits per heavy atom. The number of likely N-dealkylation sites (tertiary alicyclic amines) is 2. The van der Waals surface area contributed by atoms with Crippen molar-refractivity contribution in [1.29, 1.82) is 0 Å². The Morgan fingerprint density at radius 1 is 1.27 bits per heavy atom. The zero-order chi connectivity index (χ0) is 18.6. The summed E-state index contributed by atoms with van der Waals surface area (Å²) >= 11 is 0. The average Bonchev–Trinajstić information content (AvgIpc) is 2.63. The van der Waals surface area contributed by atoms with Crippen molar-refractivity contribution >= 4 is 5.91 Å². The summed E-state index contributed by atoms with van der Waals surface area (Å²) in [6.45, 7) is 6.92. The number of amides is 1. The molecule has 2 aliphatic heterocycles. The van der Waals surface area contributed by atoms with E-state index in [1.54, 1.807) is 7.11 Å². The van der Waals surface area contributed by atoms with Crippen LogP contribution in [0, 0.1) is 12.3 Å². The molecule has 0 radical (unpaired) electrons. The van der Waals surface area contributed by atoms with Crippen molar-refractivity contribution in [1.82, 2.24) is 9.80 Å². The summed E-state index contributed by atoms with van der Waals surface area (Å²) in [6, 6.07) is 6.43. The molecule has 0 saturated carbocycles. The number of methoxy groups -OCH3 is 1. The molecule has 2 heterocycles. The zero-order valence-electron chi connectivity index (χ0n) is 16.2. The van der Waals surface area contributed by atoms with E-state index in [2.05, 4.69) is 30.0 Å². The third-order valence-corrected chi connectivity index (χ3v) is 5.94. The molecule has 3 rings (SSSR count). The van der Waals surface area contributed by atoms with Crippen molar-refractivity contribution in [2.75, 3.05) is 39.9 Å². The number of aliphatic hydroxyl groups excluding tert-OH is 1. The van der Waals surface area contributed by atoms with Gasteiger partial charge in [0.25, 0.3) is 0 Å². The Hall–Kier alpha value is -1.59. The topological polar surface area (TPSA) is 53.0 Å². The predicted molar refractivity (Wildman–Crippen MR) is 102 cm³/mol. The predicted octanol–water partition coefficient (Wildman–Crippen LogP) is 2.59. The van der Waals surface area contributed by atoms with Gasteiger partial charge >= 0.3 is 0 Å². The molecule has 1 atom stereocenters. The highest BCUT2D eigenvalue weighted by molar-refractivity contribution is 5.77. The molecule has 1 aromatic carbocycles. The van der Waals surface area contributed by atoms with E-state index in [0.29, 0.717) is 19.4 Å². The van der Waals surface area contributed by atoms with Crippen LogP contribution in [0.3, 0.4) is 0 Å². The maximum absolute atomic E-state index is 12.2. The third-order valence-electron chi connectivity index (χ3n) is 5.94. The minimum Gasteiger partial charge on any atom is -0.496 e. The van der Waals surface area contributed by atoms with Crippen LogP contribution in [0.2, 0.25) is 0 Å². The second-order valence-electron chi connectivity index (χ2n) is 8.01. The smallest absolute Gasteiger partial charge is 0.222 e. The molecular formula is C21H32N2O3. The number of piperidine rings is 2. The lowest BCUT2D eigenvalue weighted by Gasteiger charge is -2.48. The van der Waals surface area contributed by atoms with Crippen LogP contribution in [0.4, 0.5) is 0 Å². The number of hydrogen-bond donors (Lipinski definition) is 1. The van der Waals surface area contributed by atoms with E-state index in [1.807, 2.05) is 4.90 Å². The highest BCUT2D eigenvalue weighted by atomic mass is 16.5. The van der Waals surface area contributed by atoms with Crippen LogP contribution in [0.25, 0.3) is 0 Å². The van der Waals surface area contributed by atoms with E-state index in [9.17, 15) is 4.79 Å². The minimum absolute atomic E-state index is 0.153. The largest absolute Gasteiger partial charge is 0.496 e. The maximum atomic E-state index is 12.2. The molecule has 5 nitrogen and oxygen atoms in total. The number of hydrogen-bond acceptors (Lipinski definition) is 4. The van der Waals surface area contributed by atoms with E-state index in [1.165, 1.54) is 24.0 Å². The summed E-state index contributed by atoms with van der Waals surface area (Å²) in [5.74, 6) is 1.20. The van der Waals surface area contributed by atoms with Crippen LogP contribution in [0.15, 0.2) is 18.2 Å². The van der Waals surface area contributed by atoms with Gasteiger partial charge in [-0.3, -0.25) is 9.69 Å². The fraction of sp³-hybridized carbons (Fsp3) is 0.667. The van der Waals surface area contributed by atoms with Gasteiger partial charge in [0.05, 0.1) is 7.11 Å². The Morgan fingerprint density at radius 3 is 2.85 bits per heavy atom. The first-order valence-corrected chi connectivity index (χ1v) is 9.80. The van der Waals surface area contributed by atoms with E-state index in [-0.39, 0.29) is 17.9 Å². The van der Waals surface area contributed by atoms with Gasteiger partial charge in [-0.2, -0.15) is 0 Å². The number of carbonyl (C=O) groups excluding carboxylic acids is 1. The summed E-state index contributed by atoms with van der Waals surface area (Å²) in [4.78, 5) is 16.7. The molecule has 2 saturated heterocycles. The van der Waals surface area contributed by atoms with Crippen molar-refractivity contribution < 1.29 is 14.6 Å². The highest BCUT2D eigenvalue weighted by Gasteiger charge is 2.41. The summed E-state index contributed by atoms with van der Waals surface area (Å²) < 4.78 is 5.37. The highest BCUT2D eigenvalue weighted by Crippen LogP contribution is 2.39. The molecule has 26 heavy (non-hydrogen) atoms. The van der Waals surface area contributed by atoms with Gasteiger partial charge in [-0.05, 0) is 56.3 Å². The molecule has 0 bridgehead atoms. The van der Waals surface area contributed by atoms with Crippen LogP contribution < -0.4 is 4.74 Å². The monoisotopic (exact) mass is 360 g/mol. The number of aliphatic hydroxyl groups is 1. The number of aryl methyl sites for hydroxylation is 1. The summed E-state index contributed by atoms with van der Waals surface area (Å²) in [5, 5.41) is 9.10. The van der Waals surface area contributed by atoms with E-state index < -0.39 is 0 Å². The molecule has 2 aliphatic rings. The molecule has 144 valence electrons. The van der Waals surface area contributed by atoms with E-state index in [0.717, 1.165) is 38.3 Å².